The third kappa shape index (κ3) is 4.27. The maximum atomic E-state index is 12.4. The van der Waals surface area contributed by atoms with E-state index in [-0.39, 0.29) is 0 Å². The van der Waals surface area contributed by atoms with Gasteiger partial charge in [-0.1, -0.05) is 23.8 Å². The molecule has 0 aliphatic rings. The topological polar surface area (TPSA) is 64.6 Å². The van der Waals surface area contributed by atoms with Crippen LogP contribution in [-0.4, -0.2) is 29.2 Å². The summed E-state index contributed by atoms with van der Waals surface area (Å²) in [4.78, 5) is 0.320. The van der Waals surface area contributed by atoms with Crippen molar-refractivity contribution >= 4 is 10.0 Å². The van der Waals surface area contributed by atoms with Crippen molar-refractivity contribution in [3.05, 3.63) is 53.1 Å². The second kappa shape index (κ2) is 7.68. The minimum absolute atomic E-state index is 0.311. The molecule has 5 nitrogen and oxygen atoms in total. The summed E-state index contributed by atoms with van der Waals surface area (Å²) in [6.45, 7) is 4.05. The number of benzene rings is 2. The molecule has 6 heteroatoms. The van der Waals surface area contributed by atoms with Gasteiger partial charge < -0.3 is 9.47 Å². The number of hydrogen-bond donors (Lipinski definition) is 1. The summed E-state index contributed by atoms with van der Waals surface area (Å²) >= 11 is 0. The highest BCUT2D eigenvalue weighted by molar-refractivity contribution is 7.89. The first-order valence-electron chi connectivity index (χ1n) is 7.65. The Morgan fingerprint density at radius 1 is 0.958 bits per heavy atom. The molecule has 24 heavy (non-hydrogen) atoms. The second-order valence-corrected chi connectivity index (χ2v) is 7.34. The molecule has 0 atom stereocenters. The van der Waals surface area contributed by atoms with Gasteiger partial charge in [0.1, 0.15) is 0 Å². The number of methoxy groups -OCH3 is 2. The Labute approximate surface area is 143 Å². The van der Waals surface area contributed by atoms with E-state index in [2.05, 4.69) is 4.72 Å². The summed E-state index contributed by atoms with van der Waals surface area (Å²) in [6.07, 6.45) is 0.560. The van der Waals surface area contributed by atoms with E-state index in [0.29, 0.717) is 29.4 Å². The molecule has 0 radical (unpaired) electrons. The van der Waals surface area contributed by atoms with E-state index < -0.39 is 10.0 Å². The van der Waals surface area contributed by atoms with Gasteiger partial charge in [-0.3, -0.25) is 0 Å². The number of sulfonamides is 1. The van der Waals surface area contributed by atoms with Crippen LogP contribution in [0.15, 0.2) is 41.3 Å². The molecule has 0 heterocycles. The zero-order chi connectivity index (χ0) is 17.7. The molecule has 2 aromatic carbocycles. The fourth-order valence-electron chi connectivity index (χ4n) is 2.54. The van der Waals surface area contributed by atoms with Crippen molar-refractivity contribution in [3.63, 3.8) is 0 Å². The first-order valence-corrected chi connectivity index (χ1v) is 9.13. The predicted octanol–water partition coefficient (Wildman–Crippen LogP) is 2.84. The maximum absolute atomic E-state index is 12.4. The largest absolute Gasteiger partial charge is 0.493 e. The summed E-state index contributed by atoms with van der Waals surface area (Å²) in [7, 11) is -0.359. The van der Waals surface area contributed by atoms with Crippen LogP contribution in [0.25, 0.3) is 0 Å². The number of rotatable bonds is 7. The molecule has 0 saturated heterocycles. The van der Waals surface area contributed by atoms with Crippen molar-refractivity contribution in [1.29, 1.82) is 0 Å². The summed E-state index contributed by atoms with van der Waals surface area (Å²) in [5.41, 5.74) is 2.75. The predicted molar refractivity (Wildman–Crippen MR) is 94.4 cm³/mol. The average molecular weight is 349 g/mol. The van der Waals surface area contributed by atoms with E-state index >= 15 is 0 Å². The molecule has 0 unspecified atom stereocenters. The van der Waals surface area contributed by atoms with Gasteiger partial charge in [-0.25, -0.2) is 13.1 Å². The average Bonchev–Trinajstić information content (AvgIpc) is 2.54. The summed E-state index contributed by atoms with van der Waals surface area (Å²) in [5.74, 6) is 1.28. The van der Waals surface area contributed by atoms with Crippen molar-refractivity contribution < 1.29 is 17.9 Å². The van der Waals surface area contributed by atoms with Crippen LogP contribution in [0.2, 0.25) is 0 Å². The van der Waals surface area contributed by atoms with Crippen molar-refractivity contribution in [2.45, 2.75) is 25.2 Å². The molecule has 0 aromatic heterocycles. The normalized spacial score (nSPS) is 11.3. The van der Waals surface area contributed by atoms with E-state index in [4.69, 9.17) is 9.47 Å². The lowest BCUT2D eigenvalue weighted by atomic mass is 10.1. The van der Waals surface area contributed by atoms with Crippen molar-refractivity contribution in [2.75, 3.05) is 20.8 Å². The van der Waals surface area contributed by atoms with Crippen LogP contribution in [0.3, 0.4) is 0 Å². The molecule has 0 amide bonds. The van der Waals surface area contributed by atoms with Gasteiger partial charge in [0.25, 0.3) is 0 Å². The van der Waals surface area contributed by atoms with Crippen molar-refractivity contribution in [3.8, 4) is 11.5 Å². The number of aryl methyl sites for hydroxylation is 2. The van der Waals surface area contributed by atoms with Gasteiger partial charge in [0, 0.05) is 6.54 Å². The molecule has 130 valence electrons. The van der Waals surface area contributed by atoms with Gasteiger partial charge in [0.05, 0.1) is 19.1 Å². The first kappa shape index (κ1) is 18.3. The lowest BCUT2D eigenvalue weighted by Gasteiger charge is -2.11. The van der Waals surface area contributed by atoms with Gasteiger partial charge in [0.2, 0.25) is 10.0 Å². The highest BCUT2D eigenvalue weighted by atomic mass is 32.2. The fourth-order valence-corrected chi connectivity index (χ4v) is 3.80. The van der Waals surface area contributed by atoms with Crippen molar-refractivity contribution in [2.24, 2.45) is 0 Å². The molecule has 0 spiro atoms. The Morgan fingerprint density at radius 2 is 1.67 bits per heavy atom. The molecular formula is C18H23NO4S. The molecule has 1 N–H and O–H groups in total. The summed E-state index contributed by atoms with van der Waals surface area (Å²) in [5, 5.41) is 0. The monoisotopic (exact) mass is 349 g/mol. The molecule has 2 rings (SSSR count). The third-order valence-electron chi connectivity index (χ3n) is 3.77. The van der Waals surface area contributed by atoms with E-state index in [0.717, 1.165) is 16.7 Å². The molecule has 0 saturated carbocycles. The number of ether oxygens (including phenoxy) is 2. The molecule has 2 aromatic rings. The Morgan fingerprint density at radius 3 is 2.29 bits per heavy atom. The van der Waals surface area contributed by atoms with Gasteiger partial charge in [-0.15, -0.1) is 0 Å². The Balaban J connectivity index is 2.05. The number of hydrogen-bond acceptors (Lipinski definition) is 4. The molecular weight excluding hydrogens is 326 g/mol. The van der Waals surface area contributed by atoms with E-state index in [1.54, 1.807) is 33.3 Å². The van der Waals surface area contributed by atoms with E-state index in [9.17, 15) is 8.42 Å². The molecule has 0 aliphatic carbocycles. The van der Waals surface area contributed by atoms with Crippen LogP contribution < -0.4 is 14.2 Å². The smallest absolute Gasteiger partial charge is 0.240 e. The van der Waals surface area contributed by atoms with Gasteiger partial charge in [-0.05, 0) is 49.6 Å². The standard InChI is InChI=1S/C18H23NO4S/c1-13-5-8-18(14(2)11-13)24(20,21)19-10-9-15-6-7-16(22-3)17(12-15)23-4/h5-8,11-12,19H,9-10H2,1-4H3. The zero-order valence-corrected chi connectivity index (χ0v) is 15.2. The van der Waals surface area contributed by atoms with Crippen LogP contribution in [0.4, 0.5) is 0 Å². The number of nitrogens with one attached hydrogen (secondary N) is 1. The summed E-state index contributed by atoms with van der Waals surface area (Å²) < 4.78 is 37.9. The Kier molecular flexibility index (Phi) is 5.85. The minimum atomic E-state index is -3.51. The van der Waals surface area contributed by atoms with Crippen LogP contribution in [0.5, 0.6) is 11.5 Å². The zero-order valence-electron chi connectivity index (χ0n) is 14.4. The van der Waals surface area contributed by atoms with Crippen LogP contribution in [-0.2, 0) is 16.4 Å². The highest BCUT2D eigenvalue weighted by Gasteiger charge is 2.16. The van der Waals surface area contributed by atoms with Crippen LogP contribution >= 0.6 is 0 Å². The van der Waals surface area contributed by atoms with Crippen molar-refractivity contribution in [1.82, 2.24) is 4.72 Å². The lowest BCUT2D eigenvalue weighted by Crippen LogP contribution is -2.26. The molecule has 0 bridgehead atoms. The van der Waals surface area contributed by atoms with Gasteiger partial charge in [0.15, 0.2) is 11.5 Å². The van der Waals surface area contributed by atoms with Crippen LogP contribution in [0, 0.1) is 13.8 Å². The summed E-state index contributed by atoms with van der Waals surface area (Å²) in [6, 6.07) is 10.9. The first-order chi connectivity index (χ1) is 11.4. The minimum Gasteiger partial charge on any atom is -0.493 e. The maximum Gasteiger partial charge on any atom is 0.240 e. The fraction of sp³-hybridized carbons (Fsp3) is 0.333. The second-order valence-electron chi connectivity index (χ2n) is 5.61. The Hall–Kier alpha value is -2.05. The van der Waals surface area contributed by atoms with Gasteiger partial charge >= 0.3 is 0 Å². The molecule has 0 fully saturated rings. The van der Waals surface area contributed by atoms with Gasteiger partial charge in [-0.2, -0.15) is 0 Å². The quantitative estimate of drug-likeness (QED) is 0.835. The lowest BCUT2D eigenvalue weighted by molar-refractivity contribution is 0.354. The Bertz CT molecular complexity index is 816. The SMILES string of the molecule is COc1ccc(CCNS(=O)(=O)c2ccc(C)cc2C)cc1OC. The third-order valence-corrected chi connectivity index (χ3v) is 5.39. The van der Waals surface area contributed by atoms with Crippen LogP contribution in [0.1, 0.15) is 16.7 Å². The van der Waals surface area contributed by atoms with E-state index in [1.807, 2.05) is 31.2 Å². The highest BCUT2D eigenvalue weighted by Crippen LogP contribution is 2.27. The van der Waals surface area contributed by atoms with E-state index in [1.165, 1.54) is 0 Å². The molecule has 0 aliphatic heterocycles.